The highest BCUT2D eigenvalue weighted by Gasteiger charge is 2.08. The van der Waals surface area contributed by atoms with Crippen LogP contribution in [0.1, 0.15) is 15.9 Å². The van der Waals surface area contributed by atoms with Gasteiger partial charge in [-0.2, -0.15) is 0 Å². The Morgan fingerprint density at radius 1 is 1.26 bits per heavy atom. The predicted molar refractivity (Wildman–Crippen MR) is 67.8 cm³/mol. The lowest BCUT2D eigenvalue weighted by molar-refractivity contribution is -0.384. The van der Waals surface area contributed by atoms with Crippen LogP contribution in [0.4, 0.5) is 5.69 Å². The van der Waals surface area contributed by atoms with Crippen LogP contribution in [0, 0.1) is 10.1 Å². The van der Waals surface area contributed by atoms with E-state index in [4.69, 9.17) is 4.42 Å². The summed E-state index contributed by atoms with van der Waals surface area (Å²) < 4.78 is 4.92. The number of carbonyl (C=O) groups excluding carboxylic acids is 1. The van der Waals surface area contributed by atoms with Gasteiger partial charge in [-0.3, -0.25) is 14.9 Å². The first kappa shape index (κ1) is 12.8. The largest absolute Gasteiger partial charge is 0.472 e. The molecule has 0 saturated carbocycles. The standard InChI is InChI=1S/C13H12N2O4/c16-13(14-7-5-10-6-8-19-9-10)11-1-3-12(4-2-11)15(17)18/h1-4,6,8-9H,5,7H2,(H,14,16). The molecule has 0 unspecified atom stereocenters. The molecule has 0 aliphatic carbocycles. The van der Waals surface area contributed by atoms with Crippen LogP contribution in [0.25, 0.3) is 0 Å². The van der Waals surface area contributed by atoms with Gasteiger partial charge in [0.2, 0.25) is 0 Å². The number of nitrogens with zero attached hydrogens (tertiary/aromatic N) is 1. The monoisotopic (exact) mass is 260 g/mol. The molecule has 98 valence electrons. The average Bonchev–Trinajstić information content (AvgIpc) is 2.92. The van der Waals surface area contributed by atoms with Crippen LogP contribution >= 0.6 is 0 Å². The Morgan fingerprint density at radius 3 is 2.58 bits per heavy atom. The van der Waals surface area contributed by atoms with Crippen molar-refractivity contribution in [1.29, 1.82) is 0 Å². The van der Waals surface area contributed by atoms with Crippen molar-refractivity contribution in [2.24, 2.45) is 0 Å². The van der Waals surface area contributed by atoms with E-state index in [0.717, 1.165) is 5.56 Å². The highest BCUT2D eigenvalue weighted by atomic mass is 16.6. The van der Waals surface area contributed by atoms with Gasteiger partial charge < -0.3 is 9.73 Å². The van der Waals surface area contributed by atoms with Gasteiger partial charge >= 0.3 is 0 Å². The molecule has 0 fully saturated rings. The number of nitro groups is 1. The van der Waals surface area contributed by atoms with Crippen LogP contribution < -0.4 is 5.32 Å². The normalized spacial score (nSPS) is 10.1. The molecule has 0 aliphatic rings. The molecular weight excluding hydrogens is 248 g/mol. The zero-order valence-corrected chi connectivity index (χ0v) is 10.0. The topological polar surface area (TPSA) is 85.4 Å². The molecule has 1 aromatic carbocycles. The Bertz CT molecular complexity index is 561. The second-order valence-corrected chi connectivity index (χ2v) is 3.94. The van der Waals surface area contributed by atoms with Gasteiger partial charge in [0.1, 0.15) is 0 Å². The molecule has 0 bridgehead atoms. The third-order valence-corrected chi connectivity index (χ3v) is 2.62. The lowest BCUT2D eigenvalue weighted by Crippen LogP contribution is -2.25. The van der Waals surface area contributed by atoms with Gasteiger partial charge in [-0.25, -0.2) is 0 Å². The summed E-state index contributed by atoms with van der Waals surface area (Å²) in [4.78, 5) is 21.7. The van der Waals surface area contributed by atoms with Gasteiger partial charge in [0, 0.05) is 24.2 Å². The van der Waals surface area contributed by atoms with Crippen molar-refractivity contribution < 1.29 is 14.1 Å². The van der Waals surface area contributed by atoms with E-state index < -0.39 is 4.92 Å². The average molecular weight is 260 g/mol. The second kappa shape index (κ2) is 5.81. The number of carbonyl (C=O) groups is 1. The maximum atomic E-state index is 11.7. The fourth-order valence-electron chi connectivity index (χ4n) is 1.59. The molecule has 6 heteroatoms. The highest BCUT2D eigenvalue weighted by Crippen LogP contribution is 2.11. The molecule has 6 nitrogen and oxygen atoms in total. The molecule has 2 rings (SSSR count). The molecule has 1 amide bonds. The van der Waals surface area contributed by atoms with Gasteiger partial charge in [0.25, 0.3) is 11.6 Å². The number of hydrogen-bond donors (Lipinski definition) is 1. The van der Waals surface area contributed by atoms with E-state index >= 15 is 0 Å². The molecule has 0 aliphatic heterocycles. The molecule has 0 spiro atoms. The lowest BCUT2D eigenvalue weighted by Gasteiger charge is -2.03. The summed E-state index contributed by atoms with van der Waals surface area (Å²) in [7, 11) is 0. The molecule has 1 heterocycles. The van der Waals surface area contributed by atoms with Crippen molar-refractivity contribution in [3.05, 3.63) is 64.1 Å². The number of furan rings is 1. The molecule has 19 heavy (non-hydrogen) atoms. The van der Waals surface area contributed by atoms with E-state index in [-0.39, 0.29) is 11.6 Å². The number of hydrogen-bond acceptors (Lipinski definition) is 4. The van der Waals surface area contributed by atoms with Gasteiger partial charge in [0.15, 0.2) is 0 Å². The minimum atomic E-state index is -0.499. The van der Waals surface area contributed by atoms with Gasteiger partial charge in [-0.15, -0.1) is 0 Å². The van der Waals surface area contributed by atoms with Gasteiger partial charge in [0.05, 0.1) is 17.4 Å². The van der Waals surface area contributed by atoms with Gasteiger partial charge in [-0.05, 0) is 30.2 Å². The van der Waals surface area contributed by atoms with Crippen LogP contribution in [-0.4, -0.2) is 17.4 Å². The van der Waals surface area contributed by atoms with Crippen molar-refractivity contribution in [3.8, 4) is 0 Å². The van der Waals surface area contributed by atoms with E-state index in [1.807, 2.05) is 6.07 Å². The number of non-ortho nitro benzene ring substituents is 1. The van der Waals surface area contributed by atoms with Crippen LogP contribution in [0.15, 0.2) is 47.3 Å². The van der Waals surface area contributed by atoms with Crippen molar-refractivity contribution in [3.63, 3.8) is 0 Å². The Balaban J connectivity index is 1.87. The van der Waals surface area contributed by atoms with Crippen LogP contribution in [0.3, 0.4) is 0 Å². The molecular formula is C13H12N2O4. The minimum absolute atomic E-state index is 0.0325. The van der Waals surface area contributed by atoms with Crippen LogP contribution in [0.5, 0.6) is 0 Å². The summed E-state index contributed by atoms with van der Waals surface area (Å²) in [5.41, 5.74) is 1.37. The maximum Gasteiger partial charge on any atom is 0.269 e. The zero-order valence-electron chi connectivity index (χ0n) is 10.0. The van der Waals surface area contributed by atoms with E-state index in [1.54, 1.807) is 12.5 Å². The van der Waals surface area contributed by atoms with Crippen molar-refractivity contribution in [2.45, 2.75) is 6.42 Å². The Hall–Kier alpha value is -2.63. The summed E-state index contributed by atoms with van der Waals surface area (Å²) in [6, 6.07) is 7.32. The molecule has 0 saturated heterocycles. The third kappa shape index (κ3) is 3.41. The smallest absolute Gasteiger partial charge is 0.269 e. The quantitative estimate of drug-likeness (QED) is 0.659. The van der Waals surface area contributed by atoms with Crippen molar-refractivity contribution in [1.82, 2.24) is 5.32 Å². The number of nitro benzene ring substituents is 1. The first-order valence-corrected chi connectivity index (χ1v) is 5.70. The summed E-state index contributed by atoms with van der Waals surface area (Å²) in [5.74, 6) is -0.251. The number of rotatable bonds is 5. The molecule has 1 aromatic heterocycles. The van der Waals surface area contributed by atoms with Crippen molar-refractivity contribution >= 4 is 11.6 Å². The fraction of sp³-hybridized carbons (Fsp3) is 0.154. The lowest BCUT2D eigenvalue weighted by atomic mass is 10.2. The maximum absolute atomic E-state index is 11.7. The van der Waals surface area contributed by atoms with E-state index in [1.165, 1.54) is 24.3 Å². The Kier molecular flexibility index (Phi) is 3.92. The minimum Gasteiger partial charge on any atom is -0.472 e. The summed E-state index contributed by atoms with van der Waals surface area (Å²) in [5, 5.41) is 13.2. The van der Waals surface area contributed by atoms with Crippen LogP contribution in [0.2, 0.25) is 0 Å². The highest BCUT2D eigenvalue weighted by molar-refractivity contribution is 5.94. The number of amides is 1. The van der Waals surface area contributed by atoms with E-state index in [2.05, 4.69) is 5.32 Å². The SMILES string of the molecule is O=C(NCCc1ccoc1)c1ccc([N+](=O)[O-])cc1. The summed E-state index contributed by atoms with van der Waals surface area (Å²) >= 11 is 0. The summed E-state index contributed by atoms with van der Waals surface area (Å²) in [6.07, 6.45) is 3.88. The molecule has 1 N–H and O–H groups in total. The second-order valence-electron chi connectivity index (χ2n) is 3.94. The molecule has 0 radical (unpaired) electrons. The zero-order chi connectivity index (χ0) is 13.7. The Labute approximate surface area is 109 Å². The molecule has 2 aromatic rings. The van der Waals surface area contributed by atoms with Gasteiger partial charge in [-0.1, -0.05) is 0 Å². The fourth-order valence-corrected chi connectivity index (χ4v) is 1.59. The number of benzene rings is 1. The van der Waals surface area contributed by atoms with Crippen LogP contribution in [-0.2, 0) is 6.42 Å². The van der Waals surface area contributed by atoms with Crippen molar-refractivity contribution in [2.75, 3.05) is 6.54 Å². The summed E-state index contributed by atoms with van der Waals surface area (Å²) in [6.45, 7) is 0.482. The predicted octanol–water partition coefficient (Wildman–Crippen LogP) is 2.16. The third-order valence-electron chi connectivity index (χ3n) is 2.62. The Morgan fingerprint density at radius 2 is 2.00 bits per heavy atom. The van der Waals surface area contributed by atoms with E-state index in [9.17, 15) is 14.9 Å². The number of nitrogens with one attached hydrogen (secondary N) is 1. The molecule has 0 atom stereocenters. The first-order chi connectivity index (χ1) is 9.16. The van der Waals surface area contributed by atoms with E-state index in [0.29, 0.717) is 18.5 Å². The first-order valence-electron chi connectivity index (χ1n) is 5.70.